The van der Waals surface area contributed by atoms with Crippen molar-refractivity contribution in [2.75, 3.05) is 4.90 Å². The van der Waals surface area contributed by atoms with Gasteiger partial charge >= 0.3 is 0 Å². The molecule has 0 aliphatic carbocycles. The second-order valence-corrected chi connectivity index (χ2v) is 15.3. The Bertz CT molecular complexity index is 3270. The highest BCUT2D eigenvalue weighted by molar-refractivity contribution is 6.21. The van der Waals surface area contributed by atoms with Crippen LogP contribution in [0.15, 0.2) is 243 Å². The average Bonchev–Trinajstić information content (AvgIpc) is 3.68. The van der Waals surface area contributed by atoms with Crippen LogP contribution in [0.3, 0.4) is 0 Å². The predicted molar refractivity (Wildman–Crippen MR) is 255 cm³/mol. The maximum atomic E-state index is 2.44. The number of benzene rings is 10. The van der Waals surface area contributed by atoms with E-state index in [1.165, 1.54) is 71.5 Å². The van der Waals surface area contributed by atoms with Crippen molar-refractivity contribution in [1.82, 2.24) is 4.57 Å². The van der Waals surface area contributed by atoms with Crippen LogP contribution in [-0.4, -0.2) is 4.57 Å². The van der Waals surface area contributed by atoms with Crippen molar-refractivity contribution in [1.29, 1.82) is 0 Å². The van der Waals surface area contributed by atoms with E-state index in [9.17, 15) is 0 Å². The monoisotopic (exact) mass is 764 g/mol. The number of para-hydroxylation sites is 3. The molecule has 11 aromatic rings. The minimum absolute atomic E-state index is 1.09. The van der Waals surface area contributed by atoms with Crippen LogP contribution in [0.2, 0.25) is 0 Å². The second-order valence-electron chi connectivity index (χ2n) is 15.3. The molecule has 0 amide bonds. The molecule has 10 aromatic carbocycles. The molecule has 0 saturated carbocycles. The summed E-state index contributed by atoms with van der Waals surface area (Å²) in [6.07, 6.45) is 0. The third-order valence-corrected chi connectivity index (χ3v) is 11.8. The Morgan fingerprint density at radius 3 is 1.43 bits per heavy atom. The van der Waals surface area contributed by atoms with Gasteiger partial charge in [0.1, 0.15) is 0 Å². The highest BCUT2D eigenvalue weighted by Crippen LogP contribution is 2.43. The van der Waals surface area contributed by atoms with Crippen LogP contribution < -0.4 is 4.90 Å². The Kier molecular flexibility index (Phi) is 8.87. The third-order valence-electron chi connectivity index (χ3n) is 11.8. The molecule has 11 rings (SSSR count). The molecule has 0 atom stereocenters. The summed E-state index contributed by atoms with van der Waals surface area (Å²) in [5.74, 6) is 0. The highest BCUT2D eigenvalue weighted by atomic mass is 15.1. The van der Waals surface area contributed by atoms with Gasteiger partial charge in [0.15, 0.2) is 0 Å². The lowest BCUT2D eigenvalue weighted by atomic mass is 9.99. The molecule has 0 bridgehead atoms. The molecule has 2 nitrogen and oxygen atoms in total. The molecule has 2 heteroatoms. The van der Waals surface area contributed by atoms with Crippen molar-refractivity contribution in [3.8, 4) is 50.2 Å². The summed E-state index contributed by atoms with van der Waals surface area (Å²) in [5, 5.41) is 5.08. The van der Waals surface area contributed by atoms with Crippen LogP contribution in [-0.2, 0) is 0 Å². The first kappa shape index (κ1) is 35.2. The van der Waals surface area contributed by atoms with E-state index in [0.29, 0.717) is 0 Å². The van der Waals surface area contributed by atoms with E-state index in [1.807, 2.05) is 0 Å². The Morgan fingerprint density at radius 1 is 0.283 bits per heavy atom. The molecule has 0 spiro atoms. The van der Waals surface area contributed by atoms with Crippen LogP contribution >= 0.6 is 0 Å². The molecule has 1 aromatic heterocycles. The minimum atomic E-state index is 1.09. The fourth-order valence-electron chi connectivity index (χ4n) is 8.95. The molecule has 0 fully saturated rings. The smallest absolute Gasteiger partial charge is 0.0547 e. The van der Waals surface area contributed by atoms with Gasteiger partial charge in [0.05, 0.1) is 22.4 Å². The van der Waals surface area contributed by atoms with Crippen LogP contribution in [0.5, 0.6) is 0 Å². The van der Waals surface area contributed by atoms with Crippen molar-refractivity contribution in [2.45, 2.75) is 0 Å². The van der Waals surface area contributed by atoms with Crippen molar-refractivity contribution in [2.24, 2.45) is 0 Å². The maximum absolute atomic E-state index is 2.44. The van der Waals surface area contributed by atoms with Gasteiger partial charge in [-0.05, 0) is 92.7 Å². The summed E-state index contributed by atoms with van der Waals surface area (Å²) < 4.78 is 2.44. The molecule has 0 saturated heterocycles. The van der Waals surface area contributed by atoms with Crippen LogP contribution in [0.25, 0.3) is 82.8 Å². The summed E-state index contributed by atoms with van der Waals surface area (Å²) in [4.78, 5) is 2.39. The van der Waals surface area contributed by atoms with Crippen molar-refractivity contribution in [3.63, 3.8) is 0 Å². The van der Waals surface area contributed by atoms with Gasteiger partial charge in [-0.1, -0.05) is 194 Å². The topological polar surface area (TPSA) is 8.17 Å². The van der Waals surface area contributed by atoms with Gasteiger partial charge in [0.2, 0.25) is 0 Å². The van der Waals surface area contributed by atoms with E-state index in [2.05, 4.69) is 252 Å². The zero-order valence-electron chi connectivity index (χ0n) is 33.0. The van der Waals surface area contributed by atoms with Gasteiger partial charge in [-0.15, -0.1) is 0 Å². The number of aromatic nitrogens is 1. The third kappa shape index (κ3) is 6.23. The number of nitrogens with zero attached hydrogens (tertiary/aromatic N) is 2. The van der Waals surface area contributed by atoms with E-state index < -0.39 is 0 Å². The minimum Gasteiger partial charge on any atom is -0.310 e. The van der Waals surface area contributed by atoms with Gasteiger partial charge in [-0.2, -0.15) is 0 Å². The van der Waals surface area contributed by atoms with Crippen LogP contribution in [0, 0.1) is 0 Å². The summed E-state index contributed by atoms with van der Waals surface area (Å²) in [5.41, 5.74) is 16.4. The predicted octanol–water partition coefficient (Wildman–Crippen LogP) is 16.1. The molecular formula is C58H40N2. The number of hydrogen-bond donors (Lipinski definition) is 0. The Morgan fingerprint density at radius 2 is 0.750 bits per heavy atom. The van der Waals surface area contributed by atoms with Gasteiger partial charge in [0, 0.05) is 33.3 Å². The van der Waals surface area contributed by atoms with Crippen molar-refractivity contribution < 1.29 is 0 Å². The highest BCUT2D eigenvalue weighted by Gasteiger charge is 2.20. The van der Waals surface area contributed by atoms with Crippen LogP contribution in [0.1, 0.15) is 0 Å². The summed E-state index contributed by atoms with van der Waals surface area (Å²) in [7, 11) is 0. The Balaban J connectivity index is 1.01. The molecular weight excluding hydrogens is 725 g/mol. The lowest BCUT2D eigenvalue weighted by molar-refractivity contribution is 1.18. The maximum Gasteiger partial charge on any atom is 0.0547 e. The molecule has 0 aliphatic heterocycles. The fourth-order valence-corrected chi connectivity index (χ4v) is 8.95. The Hall–Kier alpha value is -7.94. The zero-order chi connectivity index (χ0) is 39.8. The van der Waals surface area contributed by atoms with Crippen molar-refractivity contribution in [3.05, 3.63) is 243 Å². The molecule has 282 valence electrons. The molecule has 0 unspecified atom stereocenters. The lowest BCUT2D eigenvalue weighted by Crippen LogP contribution is -2.11. The van der Waals surface area contributed by atoms with E-state index in [1.54, 1.807) is 0 Å². The number of hydrogen-bond acceptors (Lipinski definition) is 1. The fraction of sp³-hybridized carbons (Fsp3) is 0. The summed E-state index contributed by atoms with van der Waals surface area (Å²) in [6, 6.07) is 87.7. The Labute approximate surface area is 350 Å². The van der Waals surface area contributed by atoms with Gasteiger partial charge < -0.3 is 9.47 Å². The first-order chi connectivity index (χ1) is 29.8. The SMILES string of the molecule is c1ccc(-c2ccc(-c3ccc(N(c4ccc(-c5ccccc5-n5c6ccccc6c6c7ccccc7ccc65)cc4)c4ccccc4-c4ccccc4)cc3)cc2)cc1. The largest absolute Gasteiger partial charge is 0.310 e. The molecule has 60 heavy (non-hydrogen) atoms. The standard InChI is InChI=1S/C58H40N2/c1-3-15-41(16-4-1)42-27-29-43(30-28-42)44-31-36-48(37-32-44)59(54-24-12-9-20-50(54)45-17-5-2-6-18-45)49-38-33-47(34-39-49)51-21-10-13-25-55(51)60-56-26-14-11-23-53(56)58-52-22-8-7-19-46(52)35-40-57(58)60/h1-40H. The summed E-state index contributed by atoms with van der Waals surface area (Å²) in [6.45, 7) is 0. The number of rotatable bonds is 8. The quantitative estimate of drug-likeness (QED) is 0.150. The van der Waals surface area contributed by atoms with E-state index in [4.69, 9.17) is 0 Å². The lowest BCUT2D eigenvalue weighted by Gasteiger charge is -2.28. The van der Waals surface area contributed by atoms with Gasteiger partial charge in [-0.3, -0.25) is 0 Å². The zero-order valence-corrected chi connectivity index (χ0v) is 33.0. The number of fused-ring (bicyclic) bond motifs is 5. The van der Waals surface area contributed by atoms with E-state index in [-0.39, 0.29) is 0 Å². The first-order valence-corrected chi connectivity index (χ1v) is 20.6. The van der Waals surface area contributed by atoms with Gasteiger partial charge in [0.25, 0.3) is 0 Å². The van der Waals surface area contributed by atoms with E-state index in [0.717, 1.165) is 28.3 Å². The van der Waals surface area contributed by atoms with Gasteiger partial charge in [-0.25, -0.2) is 0 Å². The summed E-state index contributed by atoms with van der Waals surface area (Å²) >= 11 is 0. The first-order valence-electron chi connectivity index (χ1n) is 20.6. The van der Waals surface area contributed by atoms with E-state index >= 15 is 0 Å². The van der Waals surface area contributed by atoms with Crippen molar-refractivity contribution >= 4 is 49.6 Å². The molecule has 0 aliphatic rings. The van der Waals surface area contributed by atoms with Crippen LogP contribution in [0.4, 0.5) is 17.1 Å². The molecule has 1 heterocycles. The average molecular weight is 765 g/mol. The second kappa shape index (κ2) is 15.1. The normalized spacial score (nSPS) is 11.3. The molecule has 0 radical (unpaired) electrons. The molecule has 0 N–H and O–H groups in total. The number of anilines is 3.